The van der Waals surface area contributed by atoms with E-state index in [0.717, 1.165) is 11.4 Å². The van der Waals surface area contributed by atoms with Crippen LogP contribution in [0.3, 0.4) is 0 Å². The second-order valence-corrected chi connectivity index (χ2v) is 6.83. The molecule has 4 rings (SSSR count). The van der Waals surface area contributed by atoms with E-state index in [4.69, 9.17) is 5.11 Å². The molecule has 7 nitrogen and oxygen atoms in total. The van der Waals surface area contributed by atoms with Crippen LogP contribution in [0.5, 0.6) is 0 Å². The summed E-state index contributed by atoms with van der Waals surface area (Å²) < 4.78 is 1.86. The third kappa shape index (κ3) is 3.86. The molecule has 0 spiro atoms. The number of hydrogen-bond acceptors (Lipinski definition) is 5. The molecule has 0 fully saturated rings. The van der Waals surface area contributed by atoms with Gasteiger partial charge in [0.05, 0.1) is 5.39 Å². The molecule has 0 radical (unpaired) electrons. The Morgan fingerprint density at radius 2 is 1.70 bits per heavy atom. The Morgan fingerprint density at radius 1 is 1.03 bits per heavy atom. The van der Waals surface area contributed by atoms with E-state index in [1.54, 1.807) is 12.1 Å². The zero-order valence-electron chi connectivity index (χ0n) is 16.3. The Labute approximate surface area is 172 Å². The first-order valence-corrected chi connectivity index (χ1v) is 9.43. The summed E-state index contributed by atoms with van der Waals surface area (Å²) in [5.74, 6) is -0.0370. The Hall–Kier alpha value is -4.13. The van der Waals surface area contributed by atoms with Crippen molar-refractivity contribution >= 4 is 34.3 Å². The maximum atomic E-state index is 13.0. The smallest absolute Gasteiger partial charge is 0.322 e. The average Bonchev–Trinajstić information content (AvgIpc) is 2.73. The molecule has 2 aromatic carbocycles. The summed E-state index contributed by atoms with van der Waals surface area (Å²) in [7, 11) is 0. The Kier molecular flexibility index (Phi) is 5.17. The molecule has 0 saturated heterocycles. The summed E-state index contributed by atoms with van der Waals surface area (Å²) >= 11 is 0. The molecule has 0 bridgehead atoms. The SMILES string of the molecule is Cc1cc(NCC(=O)O)nc2c1c(=O)cc(Nc1ccccc1)n2-c1ccccc1. The van der Waals surface area contributed by atoms with Crippen molar-refractivity contribution in [2.75, 3.05) is 17.2 Å². The molecule has 3 N–H and O–H groups in total. The van der Waals surface area contributed by atoms with Gasteiger partial charge in [0.2, 0.25) is 0 Å². The second-order valence-electron chi connectivity index (χ2n) is 6.83. The van der Waals surface area contributed by atoms with Crippen LogP contribution in [-0.2, 0) is 4.79 Å². The van der Waals surface area contributed by atoms with Crippen molar-refractivity contribution in [1.29, 1.82) is 0 Å². The molecule has 150 valence electrons. The minimum Gasteiger partial charge on any atom is -0.480 e. The van der Waals surface area contributed by atoms with Crippen LogP contribution in [-0.4, -0.2) is 27.2 Å². The molecule has 7 heteroatoms. The Balaban J connectivity index is 1.98. The number of rotatable bonds is 6. The number of fused-ring (bicyclic) bond motifs is 1. The second kappa shape index (κ2) is 8.08. The van der Waals surface area contributed by atoms with E-state index in [9.17, 15) is 9.59 Å². The van der Waals surface area contributed by atoms with E-state index in [1.807, 2.05) is 72.2 Å². The van der Waals surface area contributed by atoms with E-state index in [1.165, 1.54) is 0 Å². The van der Waals surface area contributed by atoms with E-state index < -0.39 is 5.97 Å². The first kappa shape index (κ1) is 19.2. The van der Waals surface area contributed by atoms with Crippen LogP contribution in [0.1, 0.15) is 5.56 Å². The van der Waals surface area contributed by atoms with Crippen molar-refractivity contribution in [3.63, 3.8) is 0 Å². The van der Waals surface area contributed by atoms with Gasteiger partial charge in [-0.15, -0.1) is 0 Å². The summed E-state index contributed by atoms with van der Waals surface area (Å²) in [4.78, 5) is 28.5. The van der Waals surface area contributed by atoms with Gasteiger partial charge in [-0.3, -0.25) is 14.2 Å². The molecule has 0 saturated carbocycles. The summed E-state index contributed by atoms with van der Waals surface area (Å²) in [6.45, 7) is 1.55. The highest BCUT2D eigenvalue weighted by molar-refractivity contribution is 5.85. The van der Waals surface area contributed by atoms with Crippen LogP contribution in [0.25, 0.3) is 16.7 Å². The molecule has 0 aliphatic rings. The van der Waals surface area contributed by atoms with E-state index in [-0.39, 0.29) is 12.0 Å². The molecule has 2 heterocycles. The van der Waals surface area contributed by atoms with Gasteiger partial charge >= 0.3 is 5.97 Å². The number of benzene rings is 2. The fraction of sp³-hybridized carbons (Fsp3) is 0.0870. The van der Waals surface area contributed by atoms with E-state index >= 15 is 0 Å². The molecule has 0 atom stereocenters. The lowest BCUT2D eigenvalue weighted by molar-refractivity contribution is -0.134. The van der Waals surface area contributed by atoms with E-state index in [0.29, 0.717) is 28.2 Å². The number of aryl methyl sites for hydroxylation is 1. The lowest BCUT2D eigenvalue weighted by atomic mass is 10.1. The molecule has 0 unspecified atom stereocenters. The molecule has 0 aliphatic heterocycles. The van der Waals surface area contributed by atoms with Gasteiger partial charge in [0.1, 0.15) is 18.2 Å². The van der Waals surface area contributed by atoms with Crippen LogP contribution in [0.15, 0.2) is 77.6 Å². The number of pyridine rings is 2. The van der Waals surface area contributed by atoms with Crippen LogP contribution >= 0.6 is 0 Å². The van der Waals surface area contributed by atoms with Crippen molar-refractivity contribution in [3.8, 4) is 5.69 Å². The predicted octanol–water partition coefficient (Wildman–Crippen LogP) is 3.93. The molecule has 2 aromatic heterocycles. The van der Waals surface area contributed by atoms with Crippen LogP contribution < -0.4 is 16.1 Å². The van der Waals surface area contributed by atoms with Gasteiger partial charge in [0.25, 0.3) is 0 Å². The number of carbonyl (C=O) groups is 1. The minimum absolute atomic E-state index is 0.162. The third-order valence-electron chi connectivity index (χ3n) is 4.65. The van der Waals surface area contributed by atoms with Crippen LogP contribution in [0, 0.1) is 6.92 Å². The van der Waals surface area contributed by atoms with Gasteiger partial charge in [-0.1, -0.05) is 36.4 Å². The standard InChI is InChI=1S/C23H20N4O3/c1-15-12-19(24-14-21(29)30)26-23-22(15)18(28)13-20(25-16-8-4-2-5-9-16)27(23)17-10-6-3-7-11-17/h2-13,25H,14H2,1H3,(H,24,26)(H,29,30). The van der Waals surface area contributed by atoms with Gasteiger partial charge in [-0.2, -0.15) is 0 Å². The highest BCUT2D eigenvalue weighted by atomic mass is 16.4. The van der Waals surface area contributed by atoms with Gasteiger partial charge in [0.15, 0.2) is 11.1 Å². The monoisotopic (exact) mass is 400 g/mol. The first-order chi connectivity index (χ1) is 14.5. The van der Waals surface area contributed by atoms with Gasteiger partial charge in [-0.05, 0) is 42.8 Å². The number of nitrogens with one attached hydrogen (secondary N) is 2. The number of carboxylic acid groups (broad SMARTS) is 1. The topological polar surface area (TPSA) is 96.2 Å². The number of aliphatic carboxylic acids is 1. The summed E-state index contributed by atoms with van der Waals surface area (Å²) in [5, 5.41) is 15.6. The van der Waals surface area contributed by atoms with Crippen molar-refractivity contribution in [2.45, 2.75) is 6.92 Å². The fourth-order valence-corrected chi connectivity index (χ4v) is 3.35. The van der Waals surface area contributed by atoms with Gasteiger partial charge in [-0.25, -0.2) is 4.98 Å². The minimum atomic E-state index is -0.991. The molecular weight excluding hydrogens is 380 g/mol. The normalized spacial score (nSPS) is 10.7. The quantitative estimate of drug-likeness (QED) is 0.454. The molecule has 0 amide bonds. The fourth-order valence-electron chi connectivity index (χ4n) is 3.35. The lowest BCUT2D eigenvalue weighted by Crippen LogP contribution is -2.17. The van der Waals surface area contributed by atoms with Crippen molar-refractivity contribution in [3.05, 3.63) is 88.6 Å². The number of aromatic nitrogens is 2. The molecular formula is C23H20N4O3. The highest BCUT2D eigenvalue weighted by Gasteiger charge is 2.16. The molecule has 30 heavy (non-hydrogen) atoms. The number of carboxylic acids is 1. The van der Waals surface area contributed by atoms with Crippen molar-refractivity contribution in [1.82, 2.24) is 9.55 Å². The molecule has 0 aliphatic carbocycles. The lowest BCUT2D eigenvalue weighted by Gasteiger charge is -2.19. The highest BCUT2D eigenvalue weighted by Crippen LogP contribution is 2.26. The van der Waals surface area contributed by atoms with Crippen molar-refractivity contribution in [2.24, 2.45) is 0 Å². The zero-order valence-corrected chi connectivity index (χ0v) is 16.3. The maximum absolute atomic E-state index is 13.0. The van der Waals surface area contributed by atoms with Crippen molar-refractivity contribution < 1.29 is 9.90 Å². The van der Waals surface area contributed by atoms with Gasteiger partial charge in [0, 0.05) is 17.4 Å². The first-order valence-electron chi connectivity index (χ1n) is 9.43. The van der Waals surface area contributed by atoms with Gasteiger partial charge < -0.3 is 15.7 Å². The van der Waals surface area contributed by atoms with E-state index in [2.05, 4.69) is 15.6 Å². The summed E-state index contributed by atoms with van der Waals surface area (Å²) in [6.07, 6.45) is 0. The maximum Gasteiger partial charge on any atom is 0.322 e. The predicted molar refractivity (Wildman–Crippen MR) is 118 cm³/mol. The summed E-state index contributed by atoms with van der Waals surface area (Å²) in [6, 6.07) is 22.4. The Morgan fingerprint density at radius 3 is 2.37 bits per heavy atom. The average molecular weight is 400 g/mol. The summed E-state index contributed by atoms with van der Waals surface area (Å²) in [5.41, 5.74) is 2.65. The van der Waals surface area contributed by atoms with Crippen LogP contribution in [0.2, 0.25) is 0 Å². The third-order valence-corrected chi connectivity index (χ3v) is 4.65. The molecule has 4 aromatic rings. The Bertz CT molecular complexity index is 1270. The zero-order chi connectivity index (χ0) is 21.1. The van der Waals surface area contributed by atoms with Crippen LogP contribution in [0.4, 0.5) is 17.3 Å². The number of nitrogens with zero attached hydrogens (tertiary/aromatic N) is 2. The number of hydrogen-bond donors (Lipinski definition) is 3. The number of para-hydroxylation sites is 2. The number of anilines is 3. The largest absolute Gasteiger partial charge is 0.480 e.